The molecule has 0 N–H and O–H groups in total. The van der Waals surface area contributed by atoms with Crippen LogP contribution in [-0.2, 0) is 10.0 Å². The fourth-order valence-corrected chi connectivity index (χ4v) is 7.08. The molecular formula is C22H24ClN3O3S2. The number of hydrogen-bond acceptors (Lipinski definition) is 5. The highest BCUT2D eigenvalue weighted by Crippen LogP contribution is 2.37. The van der Waals surface area contributed by atoms with Crippen molar-refractivity contribution in [3.8, 4) is 0 Å². The molecule has 0 aliphatic carbocycles. The smallest absolute Gasteiger partial charge is 0.254 e. The van der Waals surface area contributed by atoms with Crippen LogP contribution in [0, 0.1) is 0 Å². The maximum Gasteiger partial charge on any atom is 0.254 e. The van der Waals surface area contributed by atoms with Crippen LogP contribution in [0.15, 0.2) is 47.4 Å². The molecule has 6 nitrogen and oxygen atoms in total. The standard InChI is InChI=1S/C22H24ClN3O3S2/c1-3-25(4-2)31(28,29)20-14-15(11-12-16(20)23)22(27)26-13-7-9-18(26)21-24-17-8-5-6-10-19(17)30-21/h5-6,8,10-12,14,18H,3-4,7,9,13H2,1-2H3. The Morgan fingerprint density at radius 3 is 2.68 bits per heavy atom. The fourth-order valence-electron chi connectivity index (χ4n) is 4.00. The van der Waals surface area contributed by atoms with Crippen molar-refractivity contribution in [3.05, 3.63) is 58.1 Å². The van der Waals surface area contributed by atoms with Gasteiger partial charge in [-0.05, 0) is 43.2 Å². The highest BCUT2D eigenvalue weighted by Gasteiger charge is 2.34. The lowest BCUT2D eigenvalue weighted by molar-refractivity contribution is 0.0735. The molecule has 1 saturated heterocycles. The van der Waals surface area contributed by atoms with Crippen LogP contribution in [0.2, 0.25) is 5.02 Å². The largest absolute Gasteiger partial charge is 0.329 e. The zero-order valence-electron chi connectivity index (χ0n) is 17.4. The highest BCUT2D eigenvalue weighted by molar-refractivity contribution is 7.89. The Morgan fingerprint density at radius 2 is 1.97 bits per heavy atom. The van der Waals surface area contributed by atoms with Crippen molar-refractivity contribution in [3.63, 3.8) is 0 Å². The van der Waals surface area contributed by atoms with Crippen molar-refractivity contribution in [2.45, 2.75) is 37.6 Å². The molecule has 1 amide bonds. The summed E-state index contributed by atoms with van der Waals surface area (Å²) in [5.41, 5.74) is 1.25. The minimum absolute atomic E-state index is 0.0283. The zero-order chi connectivity index (χ0) is 22.2. The fraction of sp³-hybridized carbons (Fsp3) is 0.364. The molecule has 1 fully saturated rings. The molecule has 1 unspecified atom stereocenters. The molecule has 0 spiro atoms. The number of aromatic nitrogens is 1. The molecule has 9 heteroatoms. The van der Waals surface area contributed by atoms with Gasteiger partial charge >= 0.3 is 0 Å². The van der Waals surface area contributed by atoms with Crippen LogP contribution in [0.25, 0.3) is 10.2 Å². The topological polar surface area (TPSA) is 70.6 Å². The van der Waals surface area contributed by atoms with Gasteiger partial charge in [-0.25, -0.2) is 13.4 Å². The lowest BCUT2D eigenvalue weighted by atomic mass is 10.1. The van der Waals surface area contributed by atoms with Crippen LogP contribution < -0.4 is 0 Å². The van der Waals surface area contributed by atoms with Crippen LogP contribution in [-0.4, -0.2) is 48.1 Å². The molecular weight excluding hydrogens is 454 g/mol. The van der Waals surface area contributed by atoms with Crippen LogP contribution in [0.5, 0.6) is 0 Å². The van der Waals surface area contributed by atoms with Crippen molar-refractivity contribution in [2.24, 2.45) is 0 Å². The molecule has 1 aliphatic heterocycles. The number of para-hydroxylation sites is 1. The molecule has 164 valence electrons. The Morgan fingerprint density at radius 1 is 1.23 bits per heavy atom. The van der Waals surface area contributed by atoms with Gasteiger partial charge in [-0.3, -0.25) is 4.79 Å². The first kappa shape index (κ1) is 22.2. The zero-order valence-corrected chi connectivity index (χ0v) is 19.8. The lowest BCUT2D eigenvalue weighted by Crippen LogP contribution is -2.32. The minimum Gasteiger partial charge on any atom is -0.329 e. The first-order valence-corrected chi connectivity index (χ1v) is 13.0. The maximum atomic E-state index is 13.4. The summed E-state index contributed by atoms with van der Waals surface area (Å²) in [5, 5.41) is 1.03. The summed E-state index contributed by atoms with van der Waals surface area (Å²) in [7, 11) is -3.77. The number of fused-ring (bicyclic) bond motifs is 1. The van der Waals surface area contributed by atoms with Gasteiger partial charge in [-0.15, -0.1) is 11.3 Å². The number of rotatable bonds is 6. The molecule has 0 saturated carbocycles. The Labute approximate surface area is 191 Å². The second-order valence-corrected chi connectivity index (χ2v) is 10.8. The molecule has 1 aromatic heterocycles. The SMILES string of the molecule is CCN(CC)S(=O)(=O)c1cc(C(=O)N2CCCC2c2nc3ccccc3s2)ccc1Cl. The maximum absolute atomic E-state index is 13.4. The van der Waals surface area contributed by atoms with Gasteiger partial charge in [0.05, 0.1) is 21.3 Å². The van der Waals surface area contributed by atoms with Crippen molar-refractivity contribution in [1.82, 2.24) is 14.2 Å². The van der Waals surface area contributed by atoms with Crippen molar-refractivity contribution in [2.75, 3.05) is 19.6 Å². The monoisotopic (exact) mass is 477 g/mol. The number of nitrogens with zero attached hydrogens (tertiary/aromatic N) is 3. The van der Waals surface area contributed by atoms with E-state index in [0.717, 1.165) is 28.1 Å². The second-order valence-electron chi connectivity index (χ2n) is 7.41. The van der Waals surface area contributed by atoms with E-state index in [2.05, 4.69) is 0 Å². The van der Waals surface area contributed by atoms with Gasteiger partial charge in [0.2, 0.25) is 10.0 Å². The van der Waals surface area contributed by atoms with E-state index in [0.29, 0.717) is 25.2 Å². The molecule has 0 radical (unpaired) electrons. The Bertz CT molecular complexity index is 1190. The number of carbonyl (C=O) groups is 1. The van der Waals surface area contributed by atoms with Crippen LogP contribution >= 0.6 is 22.9 Å². The van der Waals surface area contributed by atoms with Gasteiger partial charge in [0.1, 0.15) is 9.90 Å². The Balaban J connectivity index is 1.67. The summed E-state index contributed by atoms with van der Waals surface area (Å²) in [6.07, 6.45) is 1.72. The molecule has 2 aromatic carbocycles. The number of amides is 1. The predicted octanol–water partition coefficient (Wildman–Crippen LogP) is 4.96. The summed E-state index contributed by atoms with van der Waals surface area (Å²) in [4.78, 5) is 19.9. The van der Waals surface area contributed by atoms with E-state index in [1.54, 1.807) is 36.2 Å². The van der Waals surface area contributed by atoms with E-state index in [4.69, 9.17) is 16.6 Å². The van der Waals surface area contributed by atoms with Gasteiger partial charge in [0, 0.05) is 25.2 Å². The van der Waals surface area contributed by atoms with Crippen LogP contribution in [0.3, 0.4) is 0 Å². The highest BCUT2D eigenvalue weighted by atomic mass is 35.5. The molecule has 3 aromatic rings. The van der Waals surface area contributed by atoms with Crippen molar-refractivity contribution < 1.29 is 13.2 Å². The normalized spacial score (nSPS) is 17.0. The number of thiazole rings is 1. The number of likely N-dealkylation sites (tertiary alicyclic amines) is 1. The third kappa shape index (κ3) is 4.09. The third-order valence-corrected chi connectivity index (χ3v) is 9.28. The van der Waals surface area contributed by atoms with Gasteiger partial charge in [-0.2, -0.15) is 4.31 Å². The van der Waals surface area contributed by atoms with E-state index in [9.17, 15) is 13.2 Å². The lowest BCUT2D eigenvalue weighted by Gasteiger charge is -2.24. The molecule has 4 rings (SSSR count). The van der Waals surface area contributed by atoms with Gasteiger partial charge in [-0.1, -0.05) is 37.6 Å². The molecule has 1 atom stereocenters. The summed E-state index contributed by atoms with van der Waals surface area (Å²) < 4.78 is 28.4. The quantitative estimate of drug-likeness (QED) is 0.503. The molecule has 2 heterocycles. The van der Waals surface area contributed by atoms with Crippen molar-refractivity contribution >= 4 is 49.1 Å². The van der Waals surface area contributed by atoms with Gasteiger partial charge in [0.15, 0.2) is 0 Å². The number of halogens is 1. The predicted molar refractivity (Wildman–Crippen MR) is 124 cm³/mol. The Kier molecular flexibility index (Phi) is 6.35. The summed E-state index contributed by atoms with van der Waals surface area (Å²) in [6.45, 7) is 4.83. The van der Waals surface area contributed by atoms with Crippen LogP contribution in [0.4, 0.5) is 0 Å². The number of sulfonamides is 1. The van der Waals surface area contributed by atoms with Crippen molar-refractivity contribution in [1.29, 1.82) is 0 Å². The summed E-state index contributed by atoms with van der Waals surface area (Å²) in [5.74, 6) is -0.200. The van der Waals surface area contributed by atoms with Gasteiger partial charge < -0.3 is 4.90 Å². The number of hydrogen-bond donors (Lipinski definition) is 0. The third-order valence-electron chi connectivity index (χ3n) is 5.61. The summed E-state index contributed by atoms with van der Waals surface area (Å²) >= 11 is 7.84. The molecule has 1 aliphatic rings. The number of benzene rings is 2. The van der Waals surface area contributed by atoms with E-state index in [1.807, 2.05) is 24.3 Å². The van der Waals surface area contributed by atoms with E-state index in [-0.39, 0.29) is 21.9 Å². The van der Waals surface area contributed by atoms with Crippen LogP contribution in [0.1, 0.15) is 48.1 Å². The molecule has 31 heavy (non-hydrogen) atoms. The number of carbonyl (C=O) groups excluding carboxylic acids is 1. The summed E-state index contributed by atoms with van der Waals surface area (Å²) in [6, 6.07) is 12.3. The van der Waals surface area contributed by atoms with E-state index >= 15 is 0 Å². The minimum atomic E-state index is -3.77. The average molecular weight is 478 g/mol. The second kappa shape index (κ2) is 8.86. The van der Waals surface area contributed by atoms with E-state index < -0.39 is 10.0 Å². The first-order valence-electron chi connectivity index (χ1n) is 10.3. The first-order chi connectivity index (χ1) is 14.9. The molecule has 0 bridgehead atoms. The Hall–Kier alpha value is -2.00. The van der Waals surface area contributed by atoms with Gasteiger partial charge in [0.25, 0.3) is 5.91 Å². The average Bonchev–Trinajstić information content (AvgIpc) is 3.41. The van der Waals surface area contributed by atoms with E-state index in [1.165, 1.54) is 16.4 Å².